The van der Waals surface area contributed by atoms with Gasteiger partial charge in [-0.3, -0.25) is 4.79 Å². The Labute approximate surface area is 168 Å². The third-order valence-corrected chi connectivity index (χ3v) is 5.42. The molecule has 1 N–H and O–H groups in total. The summed E-state index contributed by atoms with van der Waals surface area (Å²) in [5.74, 6) is 0.396. The summed E-state index contributed by atoms with van der Waals surface area (Å²) in [5.41, 5.74) is 4.36. The smallest absolute Gasteiger partial charge is 0.248 e. The van der Waals surface area contributed by atoms with Crippen molar-refractivity contribution < 1.29 is 4.79 Å². The van der Waals surface area contributed by atoms with Gasteiger partial charge in [0.15, 0.2) is 0 Å². The normalized spacial score (nSPS) is 17.1. The first kappa shape index (κ1) is 20.2. The fourth-order valence-corrected chi connectivity index (χ4v) is 3.50. The van der Waals surface area contributed by atoms with Crippen molar-refractivity contribution in [2.75, 3.05) is 37.4 Å². The minimum absolute atomic E-state index is 0.116. The molecule has 0 saturated carbocycles. The van der Waals surface area contributed by atoms with Crippen LogP contribution in [0.25, 0.3) is 6.08 Å². The van der Waals surface area contributed by atoms with E-state index in [1.54, 1.807) is 6.08 Å². The summed E-state index contributed by atoms with van der Waals surface area (Å²) >= 11 is 0. The van der Waals surface area contributed by atoms with Crippen LogP contribution in [0.2, 0.25) is 0 Å². The first-order valence-electron chi connectivity index (χ1n) is 10.0. The SMILES string of the molecule is CC(C)c1ccc(/C=C/C(=O)Nc2ccc(N3CCC(N(C)C)C3)cc2)cc1. The Morgan fingerprint density at radius 3 is 2.36 bits per heavy atom. The highest BCUT2D eigenvalue weighted by Gasteiger charge is 2.23. The number of rotatable bonds is 6. The van der Waals surface area contributed by atoms with E-state index in [-0.39, 0.29) is 5.91 Å². The minimum Gasteiger partial charge on any atom is -0.370 e. The molecule has 0 radical (unpaired) electrons. The van der Waals surface area contributed by atoms with Crippen molar-refractivity contribution in [2.45, 2.75) is 32.2 Å². The molecular formula is C24H31N3O. The number of hydrogen-bond acceptors (Lipinski definition) is 3. The van der Waals surface area contributed by atoms with Gasteiger partial charge in [-0.15, -0.1) is 0 Å². The molecule has 0 bridgehead atoms. The van der Waals surface area contributed by atoms with Crippen LogP contribution in [0.3, 0.4) is 0 Å². The van der Waals surface area contributed by atoms with Gasteiger partial charge >= 0.3 is 0 Å². The molecule has 1 atom stereocenters. The lowest BCUT2D eigenvalue weighted by Crippen LogP contribution is -2.31. The van der Waals surface area contributed by atoms with Gasteiger partial charge in [0.2, 0.25) is 5.91 Å². The Kier molecular flexibility index (Phi) is 6.53. The maximum atomic E-state index is 12.2. The van der Waals surface area contributed by atoms with E-state index in [9.17, 15) is 4.79 Å². The van der Waals surface area contributed by atoms with Gasteiger partial charge < -0.3 is 15.1 Å². The maximum Gasteiger partial charge on any atom is 0.248 e. The third kappa shape index (κ3) is 5.23. The summed E-state index contributed by atoms with van der Waals surface area (Å²) in [7, 11) is 4.28. The Bertz CT molecular complexity index is 807. The number of amides is 1. The van der Waals surface area contributed by atoms with E-state index in [0.29, 0.717) is 12.0 Å². The van der Waals surface area contributed by atoms with E-state index in [0.717, 1.165) is 24.3 Å². The molecule has 28 heavy (non-hydrogen) atoms. The molecule has 148 valence electrons. The number of benzene rings is 2. The van der Waals surface area contributed by atoms with Gasteiger partial charge in [0.25, 0.3) is 0 Å². The Balaban J connectivity index is 1.54. The second kappa shape index (κ2) is 9.07. The second-order valence-corrected chi connectivity index (χ2v) is 8.04. The van der Waals surface area contributed by atoms with E-state index in [1.807, 2.05) is 30.3 Å². The molecule has 0 aromatic heterocycles. The van der Waals surface area contributed by atoms with Crippen LogP contribution in [-0.2, 0) is 4.79 Å². The average Bonchev–Trinajstić information content (AvgIpc) is 3.18. The Morgan fingerprint density at radius 1 is 1.11 bits per heavy atom. The number of carbonyl (C=O) groups is 1. The topological polar surface area (TPSA) is 35.6 Å². The fourth-order valence-electron chi connectivity index (χ4n) is 3.50. The number of hydrogen-bond donors (Lipinski definition) is 1. The summed E-state index contributed by atoms with van der Waals surface area (Å²) in [6, 6.07) is 17.0. The van der Waals surface area contributed by atoms with Gasteiger partial charge in [-0.05, 0) is 67.9 Å². The number of anilines is 2. The van der Waals surface area contributed by atoms with E-state index in [4.69, 9.17) is 0 Å². The van der Waals surface area contributed by atoms with E-state index in [2.05, 4.69) is 67.3 Å². The van der Waals surface area contributed by atoms with E-state index in [1.165, 1.54) is 17.7 Å². The highest BCUT2D eigenvalue weighted by molar-refractivity contribution is 6.02. The van der Waals surface area contributed by atoms with Crippen LogP contribution in [-0.4, -0.2) is 44.0 Å². The number of carbonyl (C=O) groups excluding carboxylic acids is 1. The quantitative estimate of drug-likeness (QED) is 0.747. The number of likely N-dealkylation sites (N-methyl/N-ethyl adjacent to an activating group) is 1. The monoisotopic (exact) mass is 377 g/mol. The highest BCUT2D eigenvalue weighted by atomic mass is 16.1. The molecule has 4 nitrogen and oxygen atoms in total. The zero-order chi connectivity index (χ0) is 20.1. The largest absolute Gasteiger partial charge is 0.370 e. The lowest BCUT2D eigenvalue weighted by Gasteiger charge is -2.22. The molecule has 1 saturated heterocycles. The van der Waals surface area contributed by atoms with Crippen LogP contribution in [0.15, 0.2) is 54.6 Å². The summed E-state index contributed by atoms with van der Waals surface area (Å²) in [6.45, 7) is 6.48. The second-order valence-electron chi connectivity index (χ2n) is 8.04. The average molecular weight is 378 g/mol. The van der Waals surface area contributed by atoms with Crippen molar-refractivity contribution in [3.8, 4) is 0 Å². The highest BCUT2D eigenvalue weighted by Crippen LogP contribution is 2.24. The predicted molar refractivity (Wildman–Crippen MR) is 119 cm³/mol. The number of nitrogens with zero attached hydrogens (tertiary/aromatic N) is 2. The molecule has 2 aromatic carbocycles. The molecule has 2 aromatic rings. The molecule has 1 amide bonds. The standard InChI is InChI=1S/C24H31N3O/c1-18(2)20-8-5-19(6-9-20)7-14-24(28)25-21-10-12-22(13-11-21)27-16-15-23(17-27)26(3)4/h5-14,18,23H,15-17H2,1-4H3,(H,25,28)/b14-7+. The minimum atomic E-state index is -0.116. The first-order valence-corrected chi connectivity index (χ1v) is 10.0. The van der Waals surface area contributed by atoms with Crippen LogP contribution >= 0.6 is 0 Å². The third-order valence-electron chi connectivity index (χ3n) is 5.42. The lowest BCUT2D eigenvalue weighted by molar-refractivity contribution is -0.111. The van der Waals surface area contributed by atoms with Crippen LogP contribution in [0.5, 0.6) is 0 Å². The van der Waals surface area contributed by atoms with Crippen molar-refractivity contribution in [1.29, 1.82) is 0 Å². The van der Waals surface area contributed by atoms with Crippen LogP contribution < -0.4 is 10.2 Å². The summed E-state index contributed by atoms with van der Waals surface area (Å²) in [5, 5.41) is 2.93. The van der Waals surface area contributed by atoms with E-state index < -0.39 is 0 Å². The zero-order valence-corrected chi connectivity index (χ0v) is 17.4. The van der Waals surface area contributed by atoms with Gasteiger partial charge in [-0.1, -0.05) is 38.1 Å². The summed E-state index contributed by atoms with van der Waals surface area (Å²) in [6.07, 6.45) is 4.62. The van der Waals surface area contributed by atoms with Gasteiger partial charge in [0.05, 0.1) is 0 Å². The molecular weight excluding hydrogens is 346 g/mol. The Hall–Kier alpha value is -2.59. The molecule has 3 rings (SSSR count). The van der Waals surface area contributed by atoms with Gasteiger partial charge in [0.1, 0.15) is 0 Å². The molecule has 1 unspecified atom stereocenters. The van der Waals surface area contributed by atoms with Crippen molar-refractivity contribution in [1.82, 2.24) is 4.90 Å². The van der Waals surface area contributed by atoms with Crippen molar-refractivity contribution in [2.24, 2.45) is 0 Å². The molecule has 1 fully saturated rings. The van der Waals surface area contributed by atoms with Crippen molar-refractivity contribution in [3.63, 3.8) is 0 Å². The molecule has 1 aliphatic heterocycles. The predicted octanol–water partition coefficient (Wildman–Crippen LogP) is 4.60. The van der Waals surface area contributed by atoms with Gasteiger partial charge in [-0.2, -0.15) is 0 Å². The molecule has 1 heterocycles. The van der Waals surface area contributed by atoms with Crippen LogP contribution in [0, 0.1) is 0 Å². The summed E-state index contributed by atoms with van der Waals surface area (Å²) < 4.78 is 0. The lowest BCUT2D eigenvalue weighted by atomic mass is 10.0. The van der Waals surface area contributed by atoms with E-state index >= 15 is 0 Å². The fraction of sp³-hybridized carbons (Fsp3) is 0.375. The maximum absolute atomic E-state index is 12.2. The van der Waals surface area contributed by atoms with Crippen LogP contribution in [0.4, 0.5) is 11.4 Å². The van der Waals surface area contributed by atoms with Crippen molar-refractivity contribution >= 4 is 23.4 Å². The first-order chi connectivity index (χ1) is 13.4. The number of nitrogens with one attached hydrogen (secondary N) is 1. The molecule has 0 aliphatic carbocycles. The molecule has 0 spiro atoms. The van der Waals surface area contributed by atoms with Crippen molar-refractivity contribution in [3.05, 3.63) is 65.7 Å². The zero-order valence-electron chi connectivity index (χ0n) is 17.4. The molecule has 4 heteroatoms. The Morgan fingerprint density at radius 2 is 1.79 bits per heavy atom. The van der Waals surface area contributed by atoms with Gasteiger partial charge in [-0.25, -0.2) is 0 Å². The summed E-state index contributed by atoms with van der Waals surface area (Å²) in [4.78, 5) is 16.9. The van der Waals surface area contributed by atoms with Crippen LogP contribution in [0.1, 0.15) is 37.3 Å². The molecule has 1 aliphatic rings. The van der Waals surface area contributed by atoms with Gasteiger partial charge in [0, 0.05) is 36.6 Å².